The van der Waals surface area contributed by atoms with Crippen LogP contribution in [0.1, 0.15) is 38.7 Å². The van der Waals surface area contributed by atoms with E-state index in [0.717, 1.165) is 0 Å². The Bertz CT molecular complexity index is 658. The highest BCUT2D eigenvalue weighted by atomic mass is 32.2. The van der Waals surface area contributed by atoms with Crippen molar-refractivity contribution >= 4 is 10.0 Å². The summed E-state index contributed by atoms with van der Waals surface area (Å²) in [6.45, 7) is 5.55. The van der Waals surface area contributed by atoms with Gasteiger partial charge in [-0.2, -0.15) is 5.10 Å². The highest BCUT2D eigenvalue weighted by Gasteiger charge is 2.26. The third-order valence-corrected chi connectivity index (χ3v) is 3.54. The highest BCUT2D eigenvalue weighted by Crippen LogP contribution is 2.21. The van der Waals surface area contributed by atoms with Crippen LogP contribution in [0.2, 0.25) is 0 Å². The number of hydrogen-bond donors (Lipinski definition) is 1. The van der Waals surface area contributed by atoms with Crippen molar-refractivity contribution in [3.8, 4) is 0 Å². The summed E-state index contributed by atoms with van der Waals surface area (Å²) in [6, 6.07) is 1.42. The van der Waals surface area contributed by atoms with Gasteiger partial charge in [0.1, 0.15) is 6.04 Å². The van der Waals surface area contributed by atoms with Crippen LogP contribution >= 0.6 is 0 Å². The lowest BCUT2D eigenvalue weighted by Crippen LogP contribution is -2.22. The molecule has 0 saturated heterocycles. The first-order valence-corrected chi connectivity index (χ1v) is 7.33. The van der Waals surface area contributed by atoms with Crippen LogP contribution in [0.25, 0.3) is 0 Å². The fourth-order valence-electron chi connectivity index (χ4n) is 1.88. The molecule has 19 heavy (non-hydrogen) atoms. The summed E-state index contributed by atoms with van der Waals surface area (Å²) in [5.74, 6) is 0.503. The molecule has 2 aromatic heterocycles. The lowest BCUT2D eigenvalue weighted by molar-refractivity contribution is 0.453. The van der Waals surface area contributed by atoms with Gasteiger partial charge in [0.2, 0.25) is 0 Å². The number of rotatable bonds is 4. The molecule has 8 nitrogen and oxygen atoms in total. The van der Waals surface area contributed by atoms with Crippen molar-refractivity contribution in [3.05, 3.63) is 24.3 Å². The molecular weight excluding hydrogens is 268 g/mol. The maximum Gasteiger partial charge on any atom is 0.273 e. The van der Waals surface area contributed by atoms with Gasteiger partial charge in [-0.05, 0) is 26.8 Å². The zero-order valence-corrected chi connectivity index (χ0v) is 11.7. The molecule has 0 radical (unpaired) electrons. The summed E-state index contributed by atoms with van der Waals surface area (Å²) < 4.78 is 26.2. The SMILES string of the molecule is CC(c1nnc(S(N)(=O)=O)n1C(C)C)n1cccn1. The Hall–Kier alpha value is -1.74. The van der Waals surface area contributed by atoms with E-state index < -0.39 is 10.0 Å². The van der Waals surface area contributed by atoms with Gasteiger partial charge in [-0.1, -0.05) is 0 Å². The number of sulfonamides is 1. The van der Waals surface area contributed by atoms with Gasteiger partial charge >= 0.3 is 0 Å². The predicted octanol–water partition coefficient (Wildman–Crippen LogP) is 0.312. The minimum atomic E-state index is -3.90. The van der Waals surface area contributed by atoms with E-state index in [9.17, 15) is 8.42 Å². The minimum absolute atomic E-state index is 0.128. The van der Waals surface area contributed by atoms with Crippen molar-refractivity contribution in [2.24, 2.45) is 5.14 Å². The lowest BCUT2D eigenvalue weighted by Gasteiger charge is -2.17. The number of nitrogens with zero attached hydrogens (tertiary/aromatic N) is 5. The Morgan fingerprint density at radius 2 is 1.95 bits per heavy atom. The minimum Gasteiger partial charge on any atom is -0.296 e. The molecular formula is C10H16N6O2S. The Kier molecular flexibility index (Phi) is 3.42. The molecule has 2 aromatic rings. The third-order valence-electron chi connectivity index (χ3n) is 2.76. The molecule has 2 rings (SSSR count). The normalized spacial score (nSPS) is 13.9. The molecule has 0 amide bonds. The molecule has 104 valence electrons. The van der Waals surface area contributed by atoms with Crippen molar-refractivity contribution < 1.29 is 8.42 Å². The van der Waals surface area contributed by atoms with E-state index in [4.69, 9.17) is 5.14 Å². The smallest absolute Gasteiger partial charge is 0.273 e. The van der Waals surface area contributed by atoms with Crippen molar-refractivity contribution in [1.29, 1.82) is 0 Å². The van der Waals surface area contributed by atoms with Crippen LogP contribution < -0.4 is 5.14 Å². The van der Waals surface area contributed by atoms with Gasteiger partial charge in [0.05, 0.1) is 0 Å². The average molecular weight is 284 g/mol. The molecule has 2 heterocycles. The summed E-state index contributed by atoms with van der Waals surface area (Å²) in [4.78, 5) is 0. The van der Waals surface area contributed by atoms with Gasteiger partial charge in [-0.3, -0.25) is 9.25 Å². The monoisotopic (exact) mass is 284 g/mol. The second kappa shape index (κ2) is 4.74. The van der Waals surface area contributed by atoms with Crippen molar-refractivity contribution in [1.82, 2.24) is 24.5 Å². The fourth-order valence-corrected chi connectivity index (χ4v) is 2.61. The van der Waals surface area contributed by atoms with Crippen LogP contribution in [0.5, 0.6) is 0 Å². The first-order valence-electron chi connectivity index (χ1n) is 5.79. The van der Waals surface area contributed by atoms with Crippen LogP contribution in [0.15, 0.2) is 23.6 Å². The molecule has 0 aliphatic rings. The van der Waals surface area contributed by atoms with E-state index in [-0.39, 0.29) is 17.2 Å². The quantitative estimate of drug-likeness (QED) is 0.869. The van der Waals surface area contributed by atoms with Gasteiger partial charge in [0.25, 0.3) is 15.2 Å². The molecule has 1 unspecified atom stereocenters. The summed E-state index contributed by atoms with van der Waals surface area (Å²) in [5.41, 5.74) is 0. The van der Waals surface area contributed by atoms with Crippen LogP contribution in [-0.2, 0) is 10.0 Å². The number of aromatic nitrogens is 5. The van der Waals surface area contributed by atoms with Crippen molar-refractivity contribution in [3.63, 3.8) is 0 Å². The highest BCUT2D eigenvalue weighted by molar-refractivity contribution is 7.89. The van der Waals surface area contributed by atoms with E-state index in [1.165, 1.54) is 4.57 Å². The molecule has 0 fully saturated rings. The maximum atomic E-state index is 11.5. The summed E-state index contributed by atoms with van der Waals surface area (Å²) >= 11 is 0. The Morgan fingerprint density at radius 1 is 1.26 bits per heavy atom. The van der Waals surface area contributed by atoms with Crippen molar-refractivity contribution in [2.75, 3.05) is 0 Å². The molecule has 2 N–H and O–H groups in total. The molecule has 0 aliphatic carbocycles. The largest absolute Gasteiger partial charge is 0.296 e. The van der Waals surface area contributed by atoms with Crippen molar-refractivity contribution in [2.45, 2.75) is 38.0 Å². The van der Waals surface area contributed by atoms with Gasteiger partial charge in [-0.25, -0.2) is 13.6 Å². The van der Waals surface area contributed by atoms with Crippen LogP contribution in [0.3, 0.4) is 0 Å². The van der Waals surface area contributed by atoms with Crippen LogP contribution in [0, 0.1) is 0 Å². The second-order valence-electron chi connectivity index (χ2n) is 4.51. The van der Waals surface area contributed by atoms with Crippen LogP contribution in [-0.4, -0.2) is 33.0 Å². The maximum absolute atomic E-state index is 11.5. The predicted molar refractivity (Wildman–Crippen MR) is 67.8 cm³/mol. The molecule has 0 saturated carbocycles. The zero-order valence-electron chi connectivity index (χ0n) is 10.9. The number of nitrogens with two attached hydrogens (primary N) is 1. The average Bonchev–Trinajstić information content (AvgIpc) is 2.96. The molecule has 9 heteroatoms. The zero-order chi connectivity index (χ0) is 14.2. The Balaban J connectivity index is 2.56. The Labute approximate surface area is 111 Å². The van der Waals surface area contributed by atoms with E-state index in [1.807, 2.05) is 20.8 Å². The fraction of sp³-hybridized carbons (Fsp3) is 0.500. The third kappa shape index (κ3) is 2.51. The van der Waals surface area contributed by atoms with E-state index >= 15 is 0 Å². The van der Waals surface area contributed by atoms with E-state index in [0.29, 0.717) is 5.82 Å². The van der Waals surface area contributed by atoms with E-state index in [2.05, 4.69) is 15.3 Å². The Morgan fingerprint density at radius 3 is 2.42 bits per heavy atom. The molecule has 0 aromatic carbocycles. The van der Waals surface area contributed by atoms with E-state index in [1.54, 1.807) is 23.1 Å². The van der Waals surface area contributed by atoms with Gasteiger partial charge < -0.3 is 0 Å². The molecule has 0 aliphatic heterocycles. The first-order chi connectivity index (χ1) is 8.82. The lowest BCUT2D eigenvalue weighted by atomic mass is 10.3. The first kappa shape index (κ1) is 13.7. The standard InChI is InChI=1S/C10H16N6O2S/c1-7(2)16-9(8(3)15-6-4-5-12-15)13-14-10(16)19(11,17)18/h4-8H,1-3H3,(H2,11,17,18). The van der Waals surface area contributed by atoms with Gasteiger partial charge in [0.15, 0.2) is 5.82 Å². The molecule has 0 bridgehead atoms. The summed E-state index contributed by atoms with van der Waals surface area (Å²) in [7, 11) is -3.90. The molecule has 0 spiro atoms. The topological polar surface area (TPSA) is 109 Å². The second-order valence-corrected chi connectivity index (χ2v) is 5.97. The summed E-state index contributed by atoms with van der Waals surface area (Å²) in [6.07, 6.45) is 3.42. The van der Waals surface area contributed by atoms with Gasteiger partial charge in [0, 0.05) is 18.4 Å². The summed E-state index contributed by atoms with van der Waals surface area (Å²) in [5, 5.41) is 16.7. The molecule has 1 atom stereocenters. The number of hydrogen-bond acceptors (Lipinski definition) is 5. The van der Waals surface area contributed by atoms with Gasteiger partial charge in [-0.15, -0.1) is 10.2 Å². The number of primary sulfonamides is 1. The van der Waals surface area contributed by atoms with Crippen LogP contribution in [0.4, 0.5) is 0 Å².